The van der Waals surface area contributed by atoms with E-state index in [1.807, 2.05) is 36.4 Å². The van der Waals surface area contributed by atoms with Crippen LogP contribution in [-0.4, -0.2) is 81.7 Å². The second kappa shape index (κ2) is 22.7. The van der Waals surface area contributed by atoms with Crippen molar-refractivity contribution in [3.05, 3.63) is 108 Å². The Balaban J connectivity index is 1.48. The Kier molecular flexibility index (Phi) is 17.5. The number of carbonyl (C=O) groups excluding carboxylic acids is 7. The predicted molar refractivity (Wildman–Crippen MR) is 212 cm³/mol. The van der Waals surface area contributed by atoms with Crippen LogP contribution < -0.4 is 16.4 Å². The van der Waals surface area contributed by atoms with Gasteiger partial charge in [0.25, 0.3) is 0 Å². The first-order valence-corrected chi connectivity index (χ1v) is 19.6. The molecule has 1 fully saturated rings. The van der Waals surface area contributed by atoms with E-state index < -0.39 is 89.9 Å². The molecule has 4 rings (SSSR count). The molecule has 3 aromatic rings. The number of ketones is 3. The second-order valence-electron chi connectivity index (χ2n) is 14.5. The maximum atomic E-state index is 14.3. The molecule has 0 saturated carbocycles. The molecule has 1 aliphatic heterocycles. The average molecular weight is 797 g/mol. The maximum Gasteiger partial charge on any atom is 0.303 e. The van der Waals surface area contributed by atoms with E-state index in [4.69, 9.17) is 10.5 Å². The largest absolute Gasteiger partial charge is 0.481 e. The number of carboxylic acids is 1. The summed E-state index contributed by atoms with van der Waals surface area (Å²) in [6.07, 6.45) is -1.20. The van der Waals surface area contributed by atoms with E-state index in [1.54, 1.807) is 61.5 Å². The SMILES string of the molecule is CCCC(CC(=O)[C@@H]1C[C@@H](OCc2ccccc2)CN1C(=O)[C@H](CCCC(=O)O)NC(=O)Cc1ccccc1)C(=O)C(=O)CCC(=O)N[C@H](C(N)=O)c1ccccc1. The van der Waals surface area contributed by atoms with E-state index in [2.05, 4.69) is 10.6 Å². The van der Waals surface area contributed by atoms with Gasteiger partial charge in [0.1, 0.15) is 12.1 Å². The number of nitrogens with two attached hydrogens (primary N) is 1. The van der Waals surface area contributed by atoms with Crippen molar-refractivity contribution in [3.63, 3.8) is 0 Å². The molecule has 0 radical (unpaired) electrons. The third-order valence-corrected chi connectivity index (χ3v) is 10.0. The van der Waals surface area contributed by atoms with Crippen molar-refractivity contribution in [1.29, 1.82) is 0 Å². The van der Waals surface area contributed by atoms with Crippen LogP contribution in [-0.2, 0) is 56.1 Å². The van der Waals surface area contributed by atoms with Gasteiger partial charge in [-0.3, -0.25) is 38.4 Å². The summed E-state index contributed by atoms with van der Waals surface area (Å²) in [7, 11) is 0. The third kappa shape index (κ3) is 13.9. The van der Waals surface area contributed by atoms with Crippen LogP contribution >= 0.6 is 0 Å². The van der Waals surface area contributed by atoms with Crippen LogP contribution in [0.1, 0.15) is 87.4 Å². The second-order valence-corrected chi connectivity index (χ2v) is 14.5. The van der Waals surface area contributed by atoms with Gasteiger partial charge < -0.3 is 31.1 Å². The molecule has 1 saturated heterocycles. The summed E-state index contributed by atoms with van der Waals surface area (Å²) in [6, 6.07) is 23.2. The highest BCUT2D eigenvalue weighted by Crippen LogP contribution is 2.28. The molecule has 14 nitrogen and oxygen atoms in total. The van der Waals surface area contributed by atoms with Crippen LogP contribution in [0.2, 0.25) is 0 Å². The van der Waals surface area contributed by atoms with Gasteiger partial charge in [-0.2, -0.15) is 0 Å². The van der Waals surface area contributed by atoms with Crippen molar-refractivity contribution in [1.82, 2.24) is 15.5 Å². The fourth-order valence-electron chi connectivity index (χ4n) is 7.03. The Morgan fingerprint density at radius 1 is 0.793 bits per heavy atom. The number of hydrogen-bond acceptors (Lipinski definition) is 9. The topological polar surface area (TPSA) is 219 Å². The minimum absolute atomic E-state index is 0.00176. The Morgan fingerprint density at radius 2 is 1.41 bits per heavy atom. The summed E-state index contributed by atoms with van der Waals surface area (Å²) in [4.78, 5) is 106. The van der Waals surface area contributed by atoms with Crippen LogP contribution in [0, 0.1) is 5.92 Å². The molecule has 0 aliphatic carbocycles. The van der Waals surface area contributed by atoms with Crippen LogP contribution in [0.15, 0.2) is 91.0 Å². The monoisotopic (exact) mass is 796 g/mol. The van der Waals surface area contributed by atoms with Gasteiger partial charge >= 0.3 is 5.97 Å². The van der Waals surface area contributed by atoms with E-state index in [0.29, 0.717) is 17.5 Å². The quantitative estimate of drug-likeness (QED) is 0.0962. The normalized spacial score (nSPS) is 16.4. The van der Waals surface area contributed by atoms with Crippen LogP contribution in [0.25, 0.3) is 0 Å². The number of carbonyl (C=O) groups is 8. The Labute approximate surface area is 337 Å². The third-order valence-electron chi connectivity index (χ3n) is 10.0. The van der Waals surface area contributed by atoms with Crippen molar-refractivity contribution >= 4 is 46.9 Å². The molecule has 1 unspecified atom stereocenters. The van der Waals surface area contributed by atoms with E-state index in [9.17, 15) is 43.5 Å². The fourth-order valence-corrected chi connectivity index (χ4v) is 7.03. The zero-order valence-corrected chi connectivity index (χ0v) is 32.7. The molecule has 14 heteroatoms. The van der Waals surface area contributed by atoms with Crippen molar-refractivity contribution in [2.75, 3.05) is 6.54 Å². The van der Waals surface area contributed by atoms with Gasteiger partial charge in [-0.25, -0.2) is 0 Å². The minimum atomic E-state index is -1.14. The van der Waals surface area contributed by atoms with Crippen molar-refractivity contribution in [2.24, 2.45) is 11.7 Å². The molecule has 0 bridgehead atoms. The number of nitrogens with one attached hydrogen (secondary N) is 2. The lowest BCUT2D eigenvalue weighted by molar-refractivity contribution is -0.143. The van der Waals surface area contributed by atoms with Crippen molar-refractivity contribution < 1.29 is 48.2 Å². The van der Waals surface area contributed by atoms with Gasteiger partial charge in [0.05, 0.1) is 25.2 Å². The highest BCUT2D eigenvalue weighted by molar-refractivity contribution is 6.38. The molecule has 1 heterocycles. The summed E-state index contributed by atoms with van der Waals surface area (Å²) in [5, 5.41) is 14.6. The molecular weight excluding hydrogens is 745 g/mol. The molecule has 5 N–H and O–H groups in total. The summed E-state index contributed by atoms with van der Waals surface area (Å²) in [5.41, 5.74) is 7.54. The molecule has 0 aromatic heterocycles. The molecule has 308 valence electrons. The van der Waals surface area contributed by atoms with E-state index in [0.717, 1.165) is 5.56 Å². The highest BCUT2D eigenvalue weighted by atomic mass is 16.5. The smallest absolute Gasteiger partial charge is 0.303 e. The number of aliphatic carboxylic acids is 1. The maximum absolute atomic E-state index is 14.3. The molecule has 3 aromatic carbocycles. The van der Waals surface area contributed by atoms with Crippen LogP contribution in [0.4, 0.5) is 0 Å². The minimum Gasteiger partial charge on any atom is -0.481 e. The van der Waals surface area contributed by atoms with E-state index in [-0.39, 0.29) is 58.1 Å². The molecule has 0 spiro atoms. The van der Waals surface area contributed by atoms with E-state index in [1.165, 1.54) is 4.90 Å². The first kappa shape index (κ1) is 44.7. The van der Waals surface area contributed by atoms with Gasteiger partial charge in [0.15, 0.2) is 11.6 Å². The number of hydrogen-bond donors (Lipinski definition) is 4. The summed E-state index contributed by atoms with van der Waals surface area (Å²) in [6.45, 7) is 2.01. The summed E-state index contributed by atoms with van der Waals surface area (Å²) < 4.78 is 6.17. The number of rotatable bonds is 24. The number of nitrogens with zero attached hydrogens (tertiary/aromatic N) is 1. The van der Waals surface area contributed by atoms with Crippen molar-refractivity contribution in [3.8, 4) is 0 Å². The molecule has 58 heavy (non-hydrogen) atoms. The molecule has 1 aliphatic rings. The standard InChI is InChI=1S/C44H52N4O10/c1-2-13-32(42(55)36(49)22-23-38(51)47-41(43(45)56)31-18-10-5-11-19-31)25-37(50)35-26-33(58-28-30-16-8-4-9-17-30)27-48(35)44(57)34(20-12-21-40(53)54)46-39(52)24-29-14-6-3-7-15-29/h3-11,14-19,32-35,41H,2,12-13,20-28H2,1H3,(H2,45,56)(H,46,52)(H,47,51)(H,53,54)/t32?,33-,34+,35+,41+/m1/s1. The highest BCUT2D eigenvalue weighted by Gasteiger charge is 2.43. The predicted octanol–water partition coefficient (Wildman–Crippen LogP) is 3.79. The zero-order valence-electron chi connectivity index (χ0n) is 32.7. The first-order valence-electron chi connectivity index (χ1n) is 19.6. The Hall–Kier alpha value is -6.02. The first-order chi connectivity index (χ1) is 27.9. The van der Waals surface area contributed by atoms with Gasteiger partial charge in [-0.05, 0) is 36.0 Å². The van der Waals surface area contributed by atoms with Crippen LogP contribution in [0.3, 0.4) is 0 Å². The van der Waals surface area contributed by atoms with Gasteiger partial charge in [0.2, 0.25) is 29.4 Å². The van der Waals surface area contributed by atoms with Gasteiger partial charge in [0, 0.05) is 44.6 Å². The zero-order chi connectivity index (χ0) is 42.0. The number of ether oxygens (including phenoxy) is 1. The summed E-state index contributed by atoms with van der Waals surface area (Å²) >= 11 is 0. The van der Waals surface area contributed by atoms with Gasteiger partial charge in [-0.15, -0.1) is 0 Å². The number of amides is 4. The average Bonchev–Trinajstić information content (AvgIpc) is 3.65. The van der Waals surface area contributed by atoms with Crippen LogP contribution in [0.5, 0.6) is 0 Å². The summed E-state index contributed by atoms with van der Waals surface area (Å²) in [5.74, 6) is -6.70. The lowest BCUT2D eigenvalue weighted by Crippen LogP contribution is -2.52. The Morgan fingerprint density at radius 3 is 2.02 bits per heavy atom. The molecule has 5 atom stereocenters. The number of likely N-dealkylation sites (tertiary alicyclic amines) is 1. The van der Waals surface area contributed by atoms with Crippen molar-refractivity contribution in [2.45, 2.75) is 102 Å². The molecular formula is C44H52N4O10. The number of Topliss-reactive ketones (excluding diaryl/α,β-unsaturated/α-hetero) is 3. The van der Waals surface area contributed by atoms with Gasteiger partial charge in [-0.1, -0.05) is 104 Å². The Bertz CT molecular complexity index is 1890. The number of primary amides is 1. The van der Waals surface area contributed by atoms with E-state index >= 15 is 0 Å². The fraction of sp³-hybridized carbons (Fsp3) is 0.409. The lowest BCUT2D eigenvalue weighted by Gasteiger charge is -2.29. The number of carboxylic acid groups (broad SMARTS) is 1. The number of benzene rings is 3. The lowest BCUT2D eigenvalue weighted by atomic mass is 9.87. The molecule has 4 amide bonds.